The summed E-state index contributed by atoms with van der Waals surface area (Å²) >= 11 is 0. The molecule has 2 heterocycles. The Labute approximate surface area is 159 Å². The van der Waals surface area contributed by atoms with Gasteiger partial charge in [0.25, 0.3) is 0 Å². The lowest BCUT2D eigenvalue weighted by Crippen LogP contribution is -2.51. The number of rotatable bonds is 3. The number of aliphatic hydroxyl groups excluding tert-OH is 1. The number of halogens is 1. The number of hydrazone groups is 1. The molecule has 3 rings (SSSR count). The fourth-order valence-corrected chi connectivity index (χ4v) is 3.61. The molecular weight excluding hydrogens is 347 g/mol. The van der Waals surface area contributed by atoms with Crippen molar-refractivity contribution in [2.75, 3.05) is 19.6 Å². The number of aliphatic hydroxyl groups is 1. The first-order chi connectivity index (χ1) is 12.7. The predicted octanol–water partition coefficient (Wildman–Crippen LogP) is 1.99. The smallest absolute Gasteiger partial charge is 0.242 e. The van der Waals surface area contributed by atoms with Gasteiger partial charge in [-0.15, -0.1) is 0 Å². The molecule has 2 N–H and O–H groups in total. The van der Waals surface area contributed by atoms with Gasteiger partial charge in [0.05, 0.1) is 18.5 Å². The highest BCUT2D eigenvalue weighted by molar-refractivity contribution is 5.84. The molecule has 1 unspecified atom stereocenters. The monoisotopic (exact) mass is 374 g/mol. The molecule has 0 saturated carbocycles. The third-order valence-corrected chi connectivity index (χ3v) is 5.07. The lowest BCUT2D eigenvalue weighted by Gasteiger charge is -2.40. The zero-order valence-corrected chi connectivity index (χ0v) is 16.3. The Morgan fingerprint density at radius 1 is 1.33 bits per heavy atom. The van der Waals surface area contributed by atoms with Crippen molar-refractivity contribution in [2.24, 2.45) is 10.5 Å². The van der Waals surface area contributed by atoms with Gasteiger partial charge < -0.3 is 14.9 Å². The molecule has 6 nitrogen and oxygen atoms in total. The van der Waals surface area contributed by atoms with Crippen molar-refractivity contribution in [3.05, 3.63) is 46.4 Å². The van der Waals surface area contributed by atoms with E-state index < -0.39 is 6.23 Å². The minimum atomic E-state index is -0.861. The van der Waals surface area contributed by atoms with Gasteiger partial charge in [-0.25, -0.2) is 4.39 Å². The van der Waals surface area contributed by atoms with E-state index in [1.165, 1.54) is 12.1 Å². The molecule has 27 heavy (non-hydrogen) atoms. The first-order valence-electron chi connectivity index (χ1n) is 9.16. The average Bonchev–Trinajstić information content (AvgIpc) is 2.57. The molecule has 1 aromatic rings. The Kier molecular flexibility index (Phi) is 5.24. The number of carbonyl (C=O) groups is 1. The second kappa shape index (κ2) is 7.31. The summed E-state index contributed by atoms with van der Waals surface area (Å²) in [5.41, 5.74) is 5.85. The number of allylic oxidation sites excluding steroid dienone is 1. The van der Waals surface area contributed by atoms with Crippen LogP contribution in [0.25, 0.3) is 0 Å². The van der Waals surface area contributed by atoms with Gasteiger partial charge in [-0.05, 0) is 35.6 Å². The second-order valence-electron chi connectivity index (χ2n) is 8.15. The summed E-state index contributed by atoms with van der Waals surface area (Å²) in [5.74, 6) is -0.259. The van der Waals surface area contributed by atoms with Gasteiger partial charge in [-0.3, -0.25) is 10.2 Å². The van der Waals surface area contributed by atoms with Gasteiger partial charge in [-0.2, -0.15) is 5.10 Å². The number of nitrogens with one attached hydrogen (secondary N) is 1. The summed E-state index contributed by atoms with van der Waals surface area (Å²) in [7, 11) is 0. The number of piperazine rings is 1. The van der Waals surface area contributed by atoms with E-state index in [9.17, 15) is 14.3 Å². The number of hydrogen-bond donors (Lipinski definition) is 2. The third kappa shape index (κ3) is 4.13. The zero-order valence-electron chi connectivity index (χ0n) is 16.3. The molecule has 0 spiro atoms. The zero-order chi connectivity index (χ0) is 19.8. The number of benzene rings is 1. The minimum absolute atomic E-state index is 0.00663. The van der Waals surface area contributed by atoms with E-state index in [0.717, 1.165) is 22.4 Å². The van der Waals surface area contributed by atoms with E-state index in [4.69, 9.17) is 0 Å². The highest BCUT2D eigenvalue weighted by Gasteiger charge is 2.34. The van der Waals surface area contributed by atoms with E-state index in [-0.39, 0.29) is 23.7 Å². The number of hydrogen-bond acceptors (Lipinski definition) is 5. The largest absolute Gasteiger partial charge is 0.368 e. The molecule has 0 bridgehead atoms. The molecule has 2 aliphatic heterocycles. The Balaban J connectivity index is 1.76. The minimum Gasteiger partial charge on any atom is -0.368 e. The van der Waals surface area contributed by atoms with Gasteiger partial charge >= 0.3 is 0 Å². The molecule has 146 valence electrons. The number of aryl methyl sites for hydroxylation is 1. The highest BCUT2D eigenvalue weighted by Crippen LogP contribution is 2.32. The molecule has 1 aromatic carbocycles. The number of nitrogens with zero attached hydrogens (tertiary/aromatic N) is 3. The lowest BCUT2D eigenvalue weighted by atomic mass is 9.83. The third-order valence-electron chi connectivity index (χ3n) is 5.07. The Hall–Kier alpha value is -2.41. The van der Waals surface area contributed by atoms with Crippen molar-refractivity contribution < 1.29 is 14.3 Å². The fraction of sp³-hybridized carbons (Fsp3) is 0.500. The quantitative estimate of drug-likeness (QED) is 0.849. The van der Waals surface area contributed by atoms with Gasteiger partial charge in [0.15, 0.2) is 6.23 Å². The van der Waals surface area contributed by atoms with Gasteiger partial charge in [0, 0.05) is 25.2 Å². The van der Waals surface area contributed by atoms with Crippen molar-refractivity contribution in [1.82, 2.24) is 15.2 Å². The maximum absolute atomic E-state index is 13.3. The standard InChI is InChI=1S/C20H27FN4O2/c1-13-9-15(21)6-5-14(13)11-25-8-7-24(12-17(25)26)16-10-22-23-19(27)18(16)20(2,3)4/h5-6,9-10,19,23,27H,7-8,11-12H2,1-4H3. The van der Waals surface area contributed by atoms with Crippen molar-refractivity contribution in [3.8, 4) is 0 Å². The van der Waals surface area contributed by atoms with E-state index in [0.29, 0.717) is 19.6 Å². The highest BCUT2D eigenvalue weighted by atomic mass is 19.1. The van der Waals surface area contributed by atoms with Crippen LogP contribution in [-0.4, -0.2) is 52.9 Å². The van der Waals surface area contributed by atoms with Crippen LogP contribution in [0.2, 0.25) is 0 Å². The van der Waals surface area contributed by atoms with Crippen molar-refractivity contribution in [2.45, 2.75) is 40.5 Å². The van der Waals surface area contributed by atoms with Crippen LogP contribution >= 0.6 is 0 Å². The summed E-state index contributed by atoms with van der Waals surface area (Å²) in [6, 6.07) is 4.65. The summed E-state index contributed by atoms with van der Waals surface area (Å²) < 4.78 is 13.3. The normalized spacial score (nSPS) is 21.0. The van der Waals surface area contributed by atoms with E-state index in [1.807, 2.05) is 32.6 Å². The van der Waals surface area contributed by atoms with Crippen molar-refractivity contribution >= 4 is 12.1 Å². The summed E-state index contributed by atoms with van der Waals surface area (Å²) in [5, 5.41) is 14.4. The maximum atomic E-state index is 13.3. The van der Waals surface area contributed by atoms with Gasteiger partial charge in [0.2, 0.25) is 5.91 Å². The molecular formula is C20H27FN4O2. The van der Waals surface area contributed by atoms with Crippen LogP contribution in [0.3, 0.4) is 0 Å². The van der Waals surface area contributed by atoms with Crippen LogP contribution in [0.5, 0.6) is 0 Å². The Bertz CT molecular complexity index is 798. The number of amides is 1. The molecule has 1 atom stereocenters. The van der Waals surface area contributed by atoms with Gasteiger partial charge in [0.1, 0.15) is 5.82 Å². The van der Waals surface area contributed by atoms with Crippen LogP contribution in [-0.2, 0) is 11.3 Å². The second-order valence-corrected chi connectivity index (χ2v) is 8.15. The topological polar surface area (TPSA) is 68.2 Å². The van der Waals surface area contributed by atoms with E-state index >= 15 is 0 Å². The summed E-state index contributed by atoms with van der Waals surface area (Å²) in [6.07, 6.45) is 0.820. The molecule has 0 aromatic heterocycles. The molecule has 1 amide bonds. The van der Waals surface area contributed by atoms with E-state index in [1.54, 1.807) is 17.2 Å². The Morgan fingerprint density at radius 2 is 2.07 bits per heavy atom. The molecule has 2 aliphatic rings. The van der Waals surface area contributed by atoms with Crippen LogP contribution in [0.4, 0.5) is 4.39 Å². The van der Waals surface area contributed by atoms with Crippen LogP contribution < -0.4 is 5.43 Å². The average molecular weight is 374 g/mol. The first kappa shape index (κ1) is 19.4. The SMILES string of the molecule is Cc1cc(F)ccc1CN1CCN(C2=C(C(C)(C)C)C(O)NN=C2)CC1=O. The maximum Gasteiger partial charge on any atom is 0.242 e. The molecule has 0 aliphatic carbocycles. The van der Waals surface area contributed by atoms with Gasteiger partial charge in [-0.1, -0.05) is 26.8 Å². The van der Waals surface area contributed by atoms with E-state index in [2.05, 4.69) is 10.5 Å². The summed E-state index contributed by atoms with van der Waals surface area (Å²) in [6.45, 7) is 9.86. The van der Waals surface area contributed by atoms with Crippen molar-refractivity contribution in [3.63, 3.8) is 0 Å². The number of carbonyl (C=O) groups excluding carboxylic acids is 1. The van der Waals surface area contributed by atoms with Crippen LogP contribution in [0.1, 0.15) is 31.9 Å². The summed E-state index contributed by atoms with van der Waals surface area (Å²) in [4.78, 5) is 16.5. The Morgan fingerprint density at radius 3 is 2.70 bits per heavy atom. The lowest BCUT2D eigenvalue weighted by molar-refractivity contribution is -0.135. The molecule has 0 radical (unpaired) electrons. The fourth-order valence-electron chi connectivity index (χ4n) is 3.61. The predicted molar refractivity (Wildman–Crippen MR) is 102 cm³/mol. The molecule has 7 heteroatoms. The van der Waals surface area contributed by atoms with Crippen LogP contribution in [0.15, 0.2) is 34.6 Å². The molecule has 1 saturated heterocycles. The molecule has 1 fully saturated rings. The van der Waals surface area contributed by atoms with Crippen LogP contribution in [0, 0.1) is 18.2 Å². The van der Waals surface area contributed by atoms with Crippen molar-refractivity contribution in [1.29, 1.82) is 0 Å². The first-order valence-corrected chi connectivity index (χ1v) is 9.16.